The van der Waals surface area contributed by atoms with Crippen molar-refractivity contribution in [2.45, 2.75) is 12.5 Å². The minimum atomic E-state index is -2.32. The predicted octanol–water partition coefficient (Wildman–Crippen LogP) is -0.282. The van der Waals surface area contributed by atoms with Gasteiger partial charge in [-0.3, -0.25) is 0 Å². The summed E-state index contributed by atoms with van der Waals surface area (Å²) in [5.74, 6) is 0. The summed E-state index contributed by atoms with van der Waals surface area (Å²) in [6.45, 7) is 0.632. The standard InChI is InChI=1S/C6H18N2O3Si/c1-9-8-12(10-2,11-3)6-4-5-7/h8H,4-7H2,1-3H3. The van der Waals surface area contributed by atoms with Gasteiger partial charge in [-0.25, -0.2) is 0 Å². The van der Waals surface area contributed by atoms with Gasteiger partial charge in [-0.2, -0.15) is 5.15 Å². The average Bonchev–Trinajstić information content (AvgIpc) is 2.13. The van der Waals surface area contributed by atoms with Crippen molar-refractivity contribution in [3.05, 3.63) is 0 Å². The second-order valence-corrected chi connectivity index (χ2v) is 5.39. The van der Waals surface area contributed by atoms with Crippen LogP contribution in [0.4, 0.5) is 0 Å². The lowest BCUT2D eigenvalue weighted by molar-refractivity contribution is 0.0833. The molecule has 0 unspecified atom stereocenters. The molecule has 0 heterocycles. The summed E-state index contributed by atoms with van der Waals surface area (Å²) in [6, 6.07) is 0.782. The third-order valence-corrected chi connectivity index (χ3v) is 4.47. The molecule has 0 bridgehead atoms. The van der Waals surface area contributed by atoms with Gasteiger partial charge in [0.15, 0.2) is 0 Å². The summed E-state index contributed by atoms with van der Waals surface area (Å²) >= 11 is 0. The summed E-state index contributed by atoms with van der Waals surface area (Å²) in [5, 5.41) is 2.77. The molecule has 6 heteroatoms. The summed E-state index contributed by atoms with van der Waals surface area (Å²) in [5.41, 5.74) is 5.38. The van der Waals surface area contributed by atoms with Crippen molar-refractivity contribution in [3.8, 4) is 0 Å². The normalized spacial score (nSPS) is 12.0. The van der Waals surface area contributed by atoms with Gasteiger partial charge in [-0.05, 0) is 13.0 Å². The molecule has 0 aromatic carbocycles. The lowest BCUT2D eigenvalue weighted by atomic mass is 10.5. The van der Waals surface area contributed by atoms with Crippen LogP contribution in [0.5, 0.6) is 0 Å². The van der Waals surface area contributed by atoms with E-state index >= 15 is 0 Å². The van der Waals surface area contributed by atoms with E-state index in [4.69, 9.17) is 19.4 Å². The maximum atomic E-state index is 5.38. The maximum absolute atomic E-state index is 5.38. The van der Waals surface area contributed by atoms with Crippen LogP contribution in [0.25, 0.3) is 0 Å². The zero-order valence-corrected chi connectivity index (χ0v) is 8.92. The van der Waals surface area contributed by atoms with E-state index in [2.05, 4.69) is 5.15 Å². The van der Waals surface area contributed by atoms with E-state index in [1.165, 1.54) is 0 Å². The van der Waals surface area contributed by atoms with Crippen molar-refractivity contribution < 1.29 is 13.7 Å². The highest BCUT2D eigenvalue weighted by Gasteiger charge is 2.35. The average molecular weight is 194 g/mol. The van der Waals surface area contributed by atoms with Crippen LogP contribution in [-0.4, -0.2) is 36.6 Å². The summed E-state index contributed by atoms with van der Waals surface area (Å²) in [4.78, 5) is 4.81. The predicted molar refractivity (Wildman–Crippen MR) is 48.4 cm³/mol. The van der Waals surface area contributed by atoms with Crippen molar-refractivity contribution in [2.24, 2.45) is 5.73 Å². The molecule has 0 fully saturated rings. The van der Waals surface area contributed by atoms with E-state index in [1.807, 2.05) is 0 Å². The van der Waals surface area contributed by atoms with Crippen LogP contribution >= 0.6 is 0 Å². The van der Waals surface area contributed by atoms with Crippen LogP contribution in [0, 0.1) is 0 Å². The highest BCUT2D eigenvalue weighted by Crippen LogP contribution is 2.09. The van der Waals surface area contributed by atoms with E-state index in [0.717, 1.165) is 12.5 Å². The molecule has 0 radical (unpaired) electrons. The summed E-state index contributed by atoms with van der Waals surface area (Å²) in [7, 11) is 2.45. The van der Waals surface area contributed by atoms with E-state index in [-0.39, 0.29) is 0 Å². The fourth-order valence-corrected chi connectivity index (χ4v) is 2.74. The topological polar surface area (TPSA) is 65.7 Å². The molecule has 3 N–H and O–H groups in total. The van der Waals surface area contributed by atoms with E-state index in [9.17, 15) is 0 Å². The van der Waals surface area contributed by atoms with Crippen LogP contribution in [0.3, 0.4) is 0 Å². The van der Waals surface area contributed by atoms with Gasteiger partial charge in [-0.1, -0.05) is 0 Å². The van der Waals surface area contributed by atoms with Crippen molar-refractivity contribution in [1.82, 2.24) is 5.15 Å². The molecule has 0 atom stereocenters. The van der Waals surface area contributed by atoms with Crippen LogP contribution in [0.15, 0.2) is 0 Å². The second kappa shape index (κ2) is 6.52. The van der Waals surface area contributed by atoms with Gasteiger partial charge in [0.05, 0.1) is 7.11 Å². The lowest BCUT2D eigenvalue weighted by Crippen LogP contribution is -2.54. The Hall–Kier alpha value is 0.0169. The van der Waals surface area contributed by atoms with Gasteiger partial charge in [0, 0.05) is 20.3 Å². The number of rotatable bonds is 7. The van der Waals surface area contributed by atoms with Gasteiger partial charge in [0.25, 0.3) is 0 Å². The van der Waals surface area contributed by atoms with Crippen molar-refractivity contribution >= 4 is 8.72 Å². The SMILES string of the molecule is CON[Si](CCCN)(OC)OC. The van der Waals surface area contributed by atoms with E-state index in [1.54, 1.807) is 21.3 Å². The Bertz CT molecular complexity index is 111. The molecule has 0 saturated carbocycles. The first-order valence-corrected chi connectivity index (χ1v) is 5.87. The van der Waals surface area contributed by atoms with Crippen LogP contribution in [0.2, 0.25) is 6.04 Å². The Morgan fingerprint density at radius 2 is 1.83 bits per heavy atom. The van der Waals surface area contributed by atoms with Gasteiger partial charge in [-0.15, -0.1) is 0 Å². The van der Waals surface area contributed by atoms with E-state index < -0.39 is 8.72 Å². The van der Waals surface area contributed by atoms with Gasteiger partial charge < -0.3 is 19.4 Å². The smallest absolute Gasteiger partial charge is 0.385 e. The maximum Gasteiger partial charge on any atom is 0.448 e. The zero-order valence-electron chi connectivity index (χ0n) is 7.92. The third kappa shape index (κ3) is 3.61. The molecular formula is C6H18N2O3Si. The number of hydrogen-bond acceptors (Lipinski definition) is 5. The Morgan fingerprint density at radius 3 is 2.17 bits per heavy atom. The molecule has 0 aliphatic carbocycles. The lowest BCUT2D eigenvalue weighted by Gasteiger charge is -2.25. The van der Waals surface area contributed by atoms with Gasteiger partial charge in [0.1, 0.15) is 0 Å². The van der Waals surface area contributed by atoms with Crippen LogP contribution in [-0.2, 0) is 13.7 Å². The zero-order chi connectivity index (χ0) is 9.45. The molecule has 0 saturated heterocycles. The number of hydrogen-bond donors (Lipinski definition) is 2. The monoisotopic (exact) mass is 194 g/mol. The number of nitrogens with two attached hydrogens (primary N) is 1. The molecule has 0 spiro atoms. The highest BCUT2D eigenvalue weighted by atomic mass is 28.4. The Morgan fingerprint density at radius 1 is 1.25 bits per heavy atom. The quantitative estimate of drug-likeness (QED) is 0.431. The fraction of sp³-hybridized carbons (Fsp3) is 1.00. The molecule has 0 aromatic heterocycles. The van der Waals surface area contributed by atoms with Gasteiger partial charge in [0.2, 0.25) is 0 Å². The molecule has 74 valence electrons. The molecule has 0 aliphatic rings. The minimum absolute atomic E-state index is 0.632. The number of nitrogens with one attached hydrogen (secondary N) is 1. The summed E-state index contributed by atoms with van der Waals surface area (Å²) < 4.78 is 10.5. The second-order valence-electron chi connectivity index (χ2n) is 2.36. The highest BCUT2D eigenvalue weighted by molar-refractivity contribution is 6.64. The molecule has 0 amide bonds. The van der Waals surface area contributed by atoms with E-state index in [0.29, 0.717) is 6.54 Å². The first-order chi connectivity index (χ1) is 5.74. The van der Waals surface area contributed by atoms with Crippen molar-refractivity contribution in [1.29, 1.82) is 0 Å². The minimum Gasteiger partial charge on any atom is -0.385 e. The Balaban J connectivity index is 3.95. The fourth-order valence-electron chi connectivity index (χ4n) is 0.912. The molecule has 12 heavy (non-hydrogen) atoms. The van der Waals surface area contributed by atoms with Crippen LogP contribution < -0.4 is 10.9 Å². The molecule has 0 rings (SSSR count). The molecule has 0 aromatic rings. The summed E-state index contributed by atoms with van der Waals surface area (Å²) in [6.07, 6.45) is 0.865. The molecular weight excluding hydrogens is 176 g/mol. The van der Waals surface area contributed by atoms with Crippen molar-refractivity contribution in [2.75, 3.05) is 27.9 Å². The molecule has 5 nitrogen and oxygen atoms in total. The van der Waals surface area contributed by atoms with Crippen molar-refractivity contribution in [3.63, 3.8) is 0 Å². The Kier molecular flexibility index (Phi) is 6.53. The van der Waals surface area contributed by atoms with Crippen LogP contribution in [0.1, 0.15) is 6.42 Å². The first kappa shape index (κ1) is 12.0. The molecule has 0 aliphatic heterocycles. The Labute approximate surface area is 74.5 Å². The first-order valence-electron chi connectivity index (χ1n) is 3.85. The third-order valence-electron chi connectivity index (χ3n) is 1.63. The largest absolute Gasteiger partial charge is 0.448 e. The van der Waals surface area contributed by atoms with Gasteiger partial charge >= 0.3 is 8.72 Å².